The van der Waals surface area contributed by atoms with Gasteiger partial charge in [0.25, 0.3) is 0 Å². The Morgan fingerprint density at radius 1 is 1.20 bits per heavy atom. The quantitative estimate of drug-likeness (QED) is 0.749. The van der Waals surface area contributed by atoms with Gasteiger partial charge in [0, 0.05) is 44.0 Å². The molecule has 1 heterocycles. The second-order valence-electron chi connectivity index (χ2n) is 6.23. The summed E-state index contributed by atoms with van der Waals surface area (Å²) in [6.45, 7) is 13.3. The van der Waals surface area contributed by atoms with Crippen molar-refractivity contribution in [2.45, 2.75) is 52.7 Å². The zero-order valence-corrected chi connectivity index (χ0v) is 13.4. The third kappa shape index (κ3) is 3.74. The predicted molar refractivity (Wildman–Crippen MR) is 87.3 cm³/mol. The third-order valence-corrected chi connectivity index (χ3v) is 4.12. The van der Waals surface area contributed by atoms with E-state index in [1.54, 1.807) is 0 Å². The fourth-order valence-corrected chi connectivity index (χ4v) is 3.10. The first kappa shape index (κ1) is 15.3. The van der Waals surface area contributed by atoms with E-state index < -0.39 is 0 Å². The summed E-state index contributed by atoms with van der Waals surface area (Å²) < 4.78 is 0. The Kier molecular flexibility index (Phi) is 5.44. The number of fused-ring (bicyclic) bond motifs is 1. The van der Waals surface area contributed by atoms with E-state index in [0.29, 0.717) is 12.1 Å². The Morgan fingerprint density at radius 3 is 2.65 bits per heavy atom. The second-order valence-corrected chi connectivity index (χ2v) is 6.23. The van der Waals surface area contributed by atoms with Gasteiger partial charge in [-0.15, -0.1) is 0 Å². The Balaban J connectivity index is 1.81. The van der Waals surface area contributed by atoms with Gasteiger partial charge < -0.3 is 10.6 Å². The third-order valence-electron chi connectivity index (χ3n) is 4.12. The van der Waals surface area contributed by atoms with Crippen molar-refractivity contribution in [3.63, 3.8) is 0 Å². The topological polar surface area (TPSA) is 27.3 Å². The summed E-state index contributed by atoms with van der Waals surface area (Å²) in [7, 11) is 0. The second kappa shape index (κ2) is 7.09. The molecule has 1 aromatic carbocycles. The van der Waals surface area contributed by atoms with E-state index in [1.165, 1.54) is 16.8 Å². The molecule has 0 radical (unpaired) electrons. The first-order valence-electron chi connectivity index (χ1n) is 7.90. The van der Waals surface area contributed by atoms with Gasteiger partial charge >= 0.3 is 0 Å². The monoisotopic (exact) mass is 275 g/mol. The van der Waals surface area contributed by atoms with Gasteiger partial charge in [0.2, 0.25) is 0 Å². The van der Waals surface area contributed by atoms with Crippen LogP contribution in [0.15, 0.2) is 18.2 Å². The van der Waals surface area contributed by atoms with Gasteiger partial charge in [-0.1, -0.05) is 18.2 Å². The van der Waals surface area contributed by atoms with Gasteiger partial charge in [-0.25, -0.2) is 0 Å². The maximum absolute atomic E-state index is 3.59. The number of anilines is 1. The molecule has 0 aliphatic carbocycles. The van der Waals surface area contributed by atoms with E-state index in [2.05, 4.69) is 61.4 Å². The maximum atomic E-state index is 3.59. The van der Waals surface area contributed by atoms with Gasteiger partial charge in [-0.3, -0.25) is 4.90 Å². The molecule has 0 aromatic heterocycles. The van der Waals surface area contributed by atoms with Gasteiger partial charge in [0.15, 0.2) is 0 Å². The molecule has 0 fully saturated rings. The first-order chi connectivity index (χ1) is 9.59. The molecule has 0 spiro atoms. The zero-order valence-electron chi connectivity index (χ0n) is 13.4. The van der Waals surface area contributed by atoms with Gasteiger partial charge in [0.05, 0.1) is 0 Å². The molecule has 1 aromatic rings. The number of benzene rings is 1. The van der Waals surface area contributed by atoms with Crippen LogP contribution < -0.4 is 10.6 Å². The number of hydrogen-bond acceptors (Lipinski definition) is 3. The lowest BCUT2D eigenvalue weighted by molar-refractivity contribution is 0.176. The van der Waals surface area contributed by atoms with Crippen LogP contribution in [0.1, 0.15) is 38.8 Å². The average Bonchev–Trinajstić information content (AvgIpc) is 2.86. The van der Waals surface area contributed by atoms with E-state index >= 15 is 0 Å². The zero-order chi connectivity index (χ0) is 14.5. The molecule has 20 heavy (non-hydrogen) atoms. The maximum Gasteiger partial charge on any atom is 0.0419 e. The van der Waals surface area contributed by atoms with Crippen LogP contribution in [0.25, 0.3) is 0 Å². The summed E-state index contributed by atoms with van der Waals surface area (Å²) >= 11 is 0. The Bertz CT molecular complexity index is 418. The van der Waals surface area contributed by atoms with Crippen molar-refractivity contribution < 1.29 is 0 Å². The van der Waals surface area contributed by atoms with E-state index in [-0.39, 0.29) is 0 Å². The van der Waals surface area contributed by atoms with Crippen LogP contribution in [-0.2, 0) is 13.0 Å². The van der Waals surface area contributed by atoms with E-state index in [1.807, 2.05) is 0 Å². The van der Waals surface area contributed by atoms with Crippen LogP contribution in [0.4, 0.5) is 5.69 Å². The molecular weight excluding hydrogens is 246 g/mol. The Morgan fingerprint density at radius 2 is 1.95 bits per heavy atom. The van der Waals surface area contributed by atoms with Crippen LogP contribution in [-0.4, -0.2) is 36.6 Å². The number of hydrogen-bond donors (Lipinski definition) is 2. The molecule has 0 amide bonds. The minimum absolute atomic E-state index is 0.611. The van der Waals surface area contributed by atoms with Crippen LogP contribution in [0.3, 0.4) is 0 Å². The van der Waals surface area contributed by atoms with Crippen molar-refractivity contribution in [1.82, 2.24) is 10.2 Å². The van der Waals surface area contributed by atoms with E-state index in [0.717, 1.165) is 32.6 Å². The van der Waals surface area contributed by atoms with Gasteiger partial charge in [-0.05, 0) is 45.2 Å². The van der Waals surface area contributed by atoms with Crippen molar-refractivity contribution in [3.05, 3.63) is 29.3 Å². The smallest absolute Gasteiger partial charge is 0.0419 e. The predicted octanol–water partition coefficient (Wildman–Crippen LogP) is 2.86. The Labute approximate surface area is 123 Å². The molecule has 1 aliphatic rings. The molecule has 3 heteroatoms. The van der Waals surface area contributed by atoms with E-state index in [4.69, 9.17) is 0 Å². The summed E-state index contributed by atoms with van der Waals surface area (Å²) in [4.78, 5) is 2.53. The highest BCUT2D eigenvalue weighted by atomic mass is 15.2. The minimum atomic E-state index is 0.611. The Hall–Kier alpha value is -1.06. The summed E-state index contributed by atoms with van der Waals surface area (Å²) in [6, 6.07) is 7.86. The van der Waals surface area contributed by atoms with Crippen molar-refractivity contribution in [3.8, 4) is 0 Å². The number of rotatable bonds is 7. The molecular formula is C17H29N3. The van der Waals surface area contributed by atoms with Crippen LogP contribution in [0, 0.1) is 0 Å². The molecule has 0 atom stereocenters. The summed E-state index contributed by atoms with van der Waals surface area (Å²) in [6.07, 6.45) is 1.16. The van der Waals surface area contributed by atoms with Crippen molar-refractivity contribution >= 4 is 5.69 Å². The molecule has 2 N–H and O–H groups in total. The molecule has 0 saturated heterocycles. The summed E-state index contributed by atoms with van der Waals surface area (Å²) in [5.41, 5.74) is 4.24. The van der Waals surface area contributed by atoms with Crippen LogP contribution in [0.2, 0.25) is 0 Å². The lowest BCUT2D eigenvalue weighted by Gasteiger charge is -2.30. The summed E-state index contributed by atoms with van der Waals surface area (Å²) in [5.74, 6) is 0. The fraction of sp³-hybridized carbons (Fsp3) is 0.647. The molecule has 0 unspecified atom stereocenters. The SMILES string of the molecule is CC(C)N(CCNCc1cccc2c1NCC2)C(C)C. The molecule has 0 saturated carbocycles. The molecule has 0 bridgehead atoms. The number of nitrogens with zero attached hydrogens (tertiary/aromatic N) is 1. The lowest BCUT2D eigenvalue weighted by Crippen LogP contribution is -2.41. The molecule has 3 nitrogen and oxygen atoms in total. The lowest BCUT2D eigenvalue weighted by atomic mass is 10.1. The first-order valence-corrected chi connectivity index (χ1v) is 7.90. The van der Waals surface area contributed by atoms with Crippen molar-refractivity contribution in [2.75, 3.05) is 25.0 Å². The summed E-state index contributed by atoms with van der Waals surface area (Å²) in [5, 5.41) is 7.09. The standard InChI is InChI=1S/C17H29N3/c1-13(2)20(14(3)4)11-10-18-12-16-7-5-6-15-8-9-19-17(15)16/h5-7,13-14,18-19H,8-12H2,1-4H3. The molecule has 2 rings (SSSR count). The highest BCUT2D eigenvalue weighted by molar-refractivity contribution is 5.61. The van der Waals surface area contributed by atoms with Crippen molar-refractivity contribution in [2.24, 2.45) is 0 Å². The minimum Gasteiger partial charge on any atom is -0.384 e. The average molecular weight is 275 g/mol. The largest absolute Gasteiger partial charge is 0.384 e. The van der Waals surface area contributed by atoms with Gasteiger partial charge in [-0.2, -0.15) is 0 Å². The van der Waals surface area contributed by atoms with Crippen LogP contribution in [0.5, 0.6) is 0 Å². The van der Waals surface area contributed by atoms with Crippen LogP contribution >= 0.6 is 0 Å². The van der Waals surface area contributed by atoms with E-state index in [9.17, 15) is 0 Å². The normalized spacial score (nSPS) is 14.2. The number of para-hydroxylation sites is 1. The molecule has 112 valence electrons. The highest BCUT2D eigenvalue weighted by Crippen LogP contribution is 2.26. The van der Waals surface area contributed by atoms with Gasteiger partial charge in [0.1, 0.15) is 0 Å². The highest BCUT2D eigenvalue weighted by Gasteiger charge is 2.14. The fourth-order valence-electron chi connectivity index (χ4n) is 3.10. The molecule has 1 aliphatic heterocycles. The van der Waals surface area contributed by atoms with Crippen molar-refractivity contribution in [1.29, 1.82) is 0 Å². The number of nitrogens with one attached hydrogen (secondary N) is 2.